The molecule has 0 atom stereocenters. The molecular formula is C18H15FN2O2. The maximum Gasteiger partial charge on any atom is 0.411 e. The van der Waals surface area contributed by atoms with Gasteiger partial charge in [-0.1, -0.05) is 36.4 Å². The van der Waals surface area contributed by atoms with E-state index in [4.69, 9.17) is 10.00 Å². The predicted molar refractivity (Wildman–Crippen MR) is 83.2 cm³/mol. The van der Waals surface area contributed by atoms with Gasteiger partial charge in [0.15, 0.2) is 0 Å². The second-order valence-electron chi connectivity index (χ2n) is 5.58. The molecule has 1 N–H and O–H groups in total. The van der Waals surface area contributed by atoms with Crippen LogP contribution in [0.15, 0.2) is 48.5 Å². The number of amides is 1. The zero-order chi connectivity index (χ0) is 16.3. The van der Waals surface area contributed by atoms with Crippen LogP contribution in [0.25, 0.3) is 0 Å². The summed E-state index contributed by atoms with van der Waals surface area (Å²) in [7, 11) is 0. The van der Waals surface area contributed by atoms with Crippen molar-refractivity contribution < 1.29 is 13.9 Å². The molecule has 23 heavy (non-hydrogen) atoms. The maximum atomic E-state index is 14.1. The highest BCUT2D eigenvalue weighted by atomic mass is 19.1. The molecule has 0 aliphatic heterocycles. The van der Waals surface area contributed by atoms with E-state index in [2.05, 4.69) is 11.4 Å². The number of nitrogens with zero attached hydrogens (tertiary/aromatic N) is 1. The molecule has 4 nitrogen and oxygen atoms in total. The van der Waals surface area contributed by atoms with Crippen molar-refractivity contribution in [2.45, 2.75) is 24.9 Å². The molecule has 0 saturated heterocycles. The smallest absolute Gasteiger partial charge is 0.411 e. The molecule has 0 bridgehead atoms. The van der Waals surface area contributed by atoms with Crippen LogP contribution in [0.1, 0.15) is 24.0 Å². The van der Waals surface area contributed by atoms with E-state index < -0.39 is 17.3 Å². The molecule has 116 valence electrons. The summed E-state index contributed by atoms with van der Waals surface area (Å²) in [5.74, 6) is -0.482. The van der Waals surface area contributed by atoms with Gasteiger partial charge in [0.2, 0.25) is 0 Å². The Balaban J connectivity index is 1.61. The molecule has 1 saturated carbocycles. The molecule has 1 amide bonds. The fourth-order valence-corrected chi connectivity index (χ4v) is 2.42. The lowest BCUT2D eigenvalue weighted by atomic mass is 9.97. The van der Waals surface area contributed by atoms with Gasteiger partial charge >= 0.3 is 6.09 Å². The minimum atomic E-state index is -0.684. The van der Waals surface area contributed by atoms with Crippen molar-refractivity contribution in [3.63, 3.8) is 0 Å². The Morgan fingerprint density at radius 3 is 2.61 bits per heavy atom. The highest BCUT2D eigenvalue weighted by Crippen LogP contribution is 2.48. The molecule has 0 aromatic heterocycles. The molecule has 3 rings (SSSR count). The minimum Gasteiger partial charge on any atom is -0.444 e. The first-order chi connectivity index (χ1) is 11.1. The van der Waals surface area contributed by atoms with Crippen molar-refractivity contribution in [1.29, 1.82) is 5.26 Å². The van der Waals surface area contributed by atoms with Crippen molar-refractivity contribution in [2.24, 2.45) is 0 Å². The van der Waals surface area contributed by atoms with Gasteiger partial charge in [-0.15, -0.1) is 0 Å². The summed E-state index contributed by atoms with van der Waals surface area (Å²) >= 11 is 0. The topological polar surface area (TPSA) is 62.1 Å². The van der Waals surface area contributed by atoms with Crippen LogP contribution >= 0.6 is 0 Å². The van der Waals surface area contributed by atoms with Gasteiger partial charge in [0, 0.05) is 11.3 Å². The second-order valence-corrected chi connectivity index (χ2v) is 5.58. The summed E-state index contributed by atoms with van der Waals surface area (Å²) in [6, 6.07) is 15.8. The number of anilines is 1. The standard InChI is InChI=1S/C18H15FN2O2/c19-16-10-14(6-7-15(16)18(12-20)8-9-18)21-17(22)23-11-13-4-2-1-3-5-13/h1-7,10H,8-9,11H2,(H,21,22). The Kier molecular flexibility index (Phi) is 3.98. The van der Waals surface area contributed by atoms with Crippen molar-refractivity contribution in [3.8, 4) is 6.07 Å². The largest absolute Gasteiger partial charge is 0.444 e. The van der Waals surface area contributed by atoms with Crippen molar-refractivity contribution in [1.82, 2.24) is 0 Å². The van der Waals surface area contributed by atoms with E-state index >= 15 is 0 Å². The SMILES string of the molecule is N#CC1(c2ccc(NC(=O)OCc3ccccc3)cc2F)CC1. The Hall–Kier alpha value is -2.87. The first kappa shape index (κ1) is 15.0. The zero-order valence-corrected chi connectivity index (χ0v) is 12.4. The van der Waals surface area contributed by atoms with E-state index in [0.717, 1.165) is 5.56 Å². The number of halogens is 1. The van der Waals surface area contributed by atoms with Crippen molar-refractivity contribution in [3.05, 3.63) is 65.5 Å². The third-order valence-electron chi connectivity index (χ3n) is 3.91. The minimum absolute atomic E-state index is 0.144. The van der Waals surface area contributed by atoms with Gasteiger partial charge in [-0.05, 0) is 30.5 Å². The number of hydrogen-bond acceptors (Lipinski definition) is 3. The Bertz CT molecular complexity index is 764. The maximum absolute atomic E-state index is 14.1. The number of rotatable bonds is 4. The van der Waals surface area contributed by atoms with E-state index in [1.807, 2.05) is 30.3 Å². The fourth-order valence-electron chi connectivity index (χ4n) is 2.42. The highest BCUT2D eigenvalue weighted by molar-refractivity contribution is 5.84. The van der Waals surface area contributed by atoms with E-state index in [1.165, 1.54) is 6.07 Å². The lowest BCUT2D eigenvalue weighted by molar-refractivity contribution is 0.155. The number of ether oxygens (including phenoxy) is 1. The number of hydrogen-bond donors (Lipinski definition) is 1. The quantitative estimate of drug-likeness (QED) is 0.923. The summed E-state index contributed by atoms with van der Waals surface area (Å²) in [5.41, 5.74) is 0.881. The average Bonchev–Trinajstić information content (AvgIpc) is 3.35. The van der Waals surface area contributed by atoms with Crippen LogP contribution in [-0.2, 0) is 16.8 Å². The normalized spacial score (nSPS) is 14.6. The third-order valence-corrected chi connectivity index (χ3v) is 3.91. The van der Waals surface area contributed by atoms with E-state index in [0.29, 0.717) is 24.1 Å². The number of carbonyl (C=O) groups is 1. The monoisotopic (exact) mass is 310 g/mol. The lowest BCUT2D eigenvalue weighted by Gasteiger charge is -2.11. The molecule has 0 spiro atoms. The van der Waals surface area contributed by atoms with Gasteiger partial charge in [0.25, 0.3) is 0 Å². The summed E-state index contributed by atoms with van der Waals surface area (Å²) in [6.07, 6.45) is 0.695. The van der Waals surface area contributed by atoms with Crippen LogP contribution in [-0.4, -0.2) is 6.09 Å². The summed E-state index contributed by atoms with van der Waals surface area (Å²) in [5, 5.41) is 11.6. The van der Waals surface area contributed by atoms with Gasteiger partial charge < -0.3 is 4.74 Å². The molecule has 0 unspecified atom stereocenters. The van der Waals surface area contributed by atoms with E-state index in [1.54, 1.807) is 12.1 Å². The predicted octanol–water partition coefficient (Wildman–Crippen LogP) is 4.13. The Morgan fingerprint density at radius 1 is 1.26 bits per heavy atom. The van der Waals surface area contributed by atoms with Crippen molar-refractivity contribution >= 4 is 11.8 Å². The summed E-state index contributed by atoms with van der Waals surface area (Å²) < 4.78 is 19.2. The first-order valence-electron chi connectivity index (χ1n) is 7.32. The zero-order valence-electron chi connectivity index (χ0n) is 12.4. The van der Waals surface area contributed by atoms with Gasteiger partial charge in [-0.3, -0.25) is 5.32 Å². The van der Waals surface area contributed by atoms with Crippen LogP contribution in [0, 0.1) is 17.1 Å². The molecular weight excluding hydrogens is 295 g/mol. The highest BCUT2D eigenvalue weighted by Gasteiger charge is 2.46. The van der Waals surface area contributed by atoms with Crippen LogP contribution < -0.4 is 5.32 Å². The fraction of sp³-hybridized carbons (Fsp3) is 0.222. The van der Waals surface area contributed by atoms with Crippen LogP contribution in [0.4, 0.5) is 14.9 Å². The van der Waals surface area contributed by atoms with Crippen LogP contribution in [0.3, 0.4) is 0 Å². The lowest BCUT2D eigenvalue weighted by Crippen LogP contribution is -2.14. The third kappa shape index (κ3) is 3.32. The van der Waals surface area contributed by atoms with Crippen LogP contribution in [0.2, 0.25) is 0 Å². The van der Waals surface area contributed by atoms with Gasteiger partial charge in [0.1, 0.15) is 12.4 Å². The molecule has 0 radical (unpaired) electrons. The Morgan fingerprint density at radius 2 is 2.00 bits per heavy atom. The molecule has 2 aromatic rings. The molecule has 1 aliphatic carbocycles. The number of benzene rings is 2. The number of nitriles is 1. The van der Waals surface area contributed by atoms with E-state index in [9.17, 15) is 9.18 Å². The molecule has 1 fully saturated rings. The van der Waals surface area contributed by atoms with Gasteiger partial charge in [-0.2, -0.15) is 5.26 Å². The molecule has 1 aliphatic rings. The van der Waals surface area contributed by atoms with Crippen LogP contribution in [0.5, 0.6) is 0 Å². The van der Waals surface area contributed by atoms with Gasteiger partial charge in [0.05, 0.1) is 11.5 Å². The molecule has 0 heterocycles. The Labute approximate surface area is 133 Å². The summed E-state index contributed by atoms with van der Waals surface area (Å²) in [6.45, 7) is 0.144. The number of nitrogens with one attached hydrogen (secondary N) is 1. The number of carbonyl (C=O) groups excluding carboxylic acids is 1. The average molecular weight is 310 g/mol. The first-order valence-corrected chi connectivity index (χ1v) is 7.32. The second kappa shape index (κ2) is 6.09. The molecule has 2 aromatic carbocycles. The van der Waals surface area contributed by atoms with Gasteiger partial charge in [-0.25, -0.2) is 9.18 Å². The van der Waals surface area contributed by atoms with E-state index in [-0.39, 0.29) is 6.61 Å². The molecule has 5 heteroatoms. The van der Waals surface area contributed by atoms with Crippen molar-refractivity contribution in [2.75, 3.05) is 5.32 Å². The summed E-state index contributed by atoms with van der Waals surface area (Å²) in [4.78, 5) is 11.7.